The molecule has 0 heterocycles. The van der Waals surface area contributed by atoms with Gasteiger partial charge in [-0.25, -0.2) is 4.79 Å². The fourth-order valence-electron chi connectivity index (χ4n) is 1.06. The van der Waals surface area contributed by atoms with E-state index in [0.29, 0.717) is 4.47 Å². The van der Waals surface area contributed by atoms with E-state index in [9.17, 15) is 4.79 Å². The monoisotopic (exact) mass is 243 g/mol. The lowest BCUT2D eigenvalue weighted by Gasteiger charge is -2.05. The predicted octanol–water partition coefficient (Wildman–Crippen LogP) is 2.29. The van der Waals surface area contributed by atoms with E-state index in [-0.39, 0.29) is 11.3 Å². The summed E-state index contributed by atoms with van der Waals surface area (Å²) >= 11 is 3.22. The summed E-state index contributed by atoms with van der Waals surface area (Å²) in [5, 5.41) is 8.81. The molecule has 3 nitrogen and oxygen atoms in total. The lowest BCUT2D eigenvalue weighted by Crippen LogP contribution is -2.04. The molecule has 0 bridgehead atoms. The van der Waals surface area contributed by atoms with Gasteiger partial charge in [-0.2, -0.15) is 0 Å². The number of aryl methyl sites for hydroxylation is 1. The molecule has 0 saturated heterocycles. The molecule has 0 fully saturated rings. The third kappa shape index (κ3) is 2.01. The number of nitrogen functional groups attached to an aromatic ring is 1. The second-order valence-electron chi connectivity index (χ2n) is 2.70. The minimum Gasteiger partial charge on any atom is -0.478 e. The molecule has 0 aliphatic rings. The zero-order valence-corrected chi connectivity index (χ0v) is 8.76. The number of anilines is 1. The molecule has 4 heteroatoms. The second-order valence-corrected chi connectivity index (χ2v) is 3.55. The summed E-state index contributed by atoms with van der Waals surface area (Å²) in [6.45, 7) is 1.96. The standard InChI is InChI=1S/C9H10BrNO2/c1-2-5-3-6(9(12)13)8(11)7(10)4-5/h3-4H,2,11H2,1H3,(H,12,13). The first kappa shape index (κ1) is 10.1. The summed E-state index contributed by atoms with van der Waals surface area (Å²) in [7, 11) is 0. The number of halogens is 1. The van der Waals surface area contributed by atoms with Gasteiger partial charge >= 0.3 is 5.97 Å². The molecule has 0 unspecified atom stereocenters. The third-order valence-corrected chi connectivity index (χ3v) is 2.48. The lowest BCUT2D eigenvalue weighted by molar-refractivity contribution is 0.0698. The van der Waals surface area contributed by atoms with E-state index in [1.165, 1.54) is 0 Å². The van der Waals surface area contributed by atoms with Crippen LogP contribution in [0, 0.1) is 0 Å². The summed E-state index contributed by atoms with van der Waals surface area (Å²) in [6, 6.07) is 3.43. The molecule has 3 N–H and O–H groups in total. The summed E-state index contributed by atoms with van der Waals surface area (Å²) in [4.78, 5) is 10.7. The minimum atomic E-state index is -0.992. The lowest BCUT2D eigenvalue weighted by atomic mass is 10.1. The zero-order valence-electron chi connectivity index (χ0n) is 7.17. The Labute approximate surface area is 84.7 Å². The fourth-order valence-corrected chi connectivity index (χ4v) is 1.56. The van der Waals surface area contributed by atoms with Crippen molar-refractivity contribution >= 4 is 27.6 Å². The van der Waals surface area contributed by atoms with Gasteiger partial charge in [0.2, 0.25) is 0 Å². The second kappa shape index (κ2) is 3.79. The highest BCUT2D eigenvalue weighted by molar-refractivity contribution is 9.10. The van der Waals surface area contributed by atoms with Crippen LogP contribution in [0.4, 0.5) is 5.69 Å². The number of hydrogen-bond donors (Lipinski definition) is 2. The first-order chi connectivity index (χ1) is 6.06. The van der Waals surface area contributed by atoms with E-state index >= 15 is 0 Å². The summed E-state index contributed by atoms with van der Waals surface area (Å²) in [5.74, 6) is -0.992. The topological polar surface area (TPSA) is 63.3 Å². The summed E-state index contributed by atoms with van der Waals surface area (Å²) in [6.07, 6.45) is 0.791. The smallest absolute Gasteiger partial charge is 0.337 e. The molecule has 1 aromatic carbocycles. The van der Waals surface area contributed by atoms with Crippen LogP contribution in [0.15, 0.2) is 16.6 Å². The van der Waals surface area contributed by atoms with Gasteiger partial charge in [0.1, 0.15) is 0 Å². The van der Waals surface area contributed by atoms with Crippen LogP contribution in [-0.2, 0) is 6.42 Å². The summed E-state index contributed by atoms with van der Waals surface area (Å²) < 4.78 is 0.643. The molecule has 0 radical (unpaired) electrons. The van der Waals surface area contributed by atoms with Crippen LogP contribution in [-0.4, -0.2) is 11.1 Å². The van der Waals surface area contributed by atoms with Gasteiger partial charge in [-0.05, 0) is 40.0 Å². The van der Waals surface area contributed by atoms with Crippen LogP contribution < -0.4 is 5.73 Å². The minimum absolute atomic E-state index is 0.159. The number of carboxylic acid groups (broad SMARTS) is 1. The Kier molecular flexibility index (Phi) is 2.93. The van der Waals surface area contributed by atoms with E-state index in [1.807, 2.05) is 13.0 Å². The van der Waals surface area contributed by atoms with Crippen molar-refractivity contribution in [1.29, 1.82) is 0 Å². The van der Waals surface area contributed by atoms with Gasteiger partial charge in [-0.3, -0.25) is 0 Å². The average Bonchev–Trinajstić information content (AvgIpc) is 2.09. The number of benzene rings is 1. The first-order valence-electron chi connectivity index (χ1n) is 3.87. The molecular weight excluding hydrogens is 234 g/mol. The Balaban J connectivity index is 3.33. The number of carboxylic acids is 1. The van der Waals surface area contributed by atoms with Gasteiger partial charge in [0.05, 0.1) is 11.3 Å². The van der Waals surface area contributed by atoms with Crippen LogP contribution in [0.3, 0.4) is 0 Å². The molecule has 0 saturated carbocycles. The van der Waals surface area contributed by atoms with Gasteiger partial charge in [0, 0.05) is 4.47 Å². The van der Waals surface area contributed by atoms with Gasteiger partial charge < -0.3 is 10.8 Å². The van der Waals surface area contributed by atoms with E-state index in [0.717, 1.165) is 12.0 Å². The quantitative estimate of drug-likeness (QED) is 0.784. The maximum absolute atomic E-state index is 10.7. The maximum atomic E-state index is 10.7. The number of hydrogen-bond acceptors (Lipinski definition) is 2. The average molecular weight is 244 g/mol. The SMILES string of the molecule is CCc1cc(Br)c(N)c(C(=O)O)c1. The molecule has 0 spiro atoms. The van der Waals surface area contributed by atoms with E-state index < -0.39 is 5.97 Å². The predicted molar refractivity (Wildman–Crippen MR) is 54.9 cm³/mol. The molecule has 70 valence electrons. The Hall–Kier alpha value is -1.03. The largest absolute Gasteiger partial charge is 0.478 e. The highest BCUT2D eigenvalue weighted by atomic mass is 79.9. The van der Waals surface area contributed by atoms with Crippen molar-refractivity contribution < 1.29 is 9.90 Å². The molecule has 1 aromatic rings. The highest BCUT2D eigenvalue weighted by Crippen LogP contribution is 2.25. The maximum Gasteiger partial charge on any atom is 0.337 e. The van der Waals surface area contributed by atoms with E-state index in [2.05, 4.69) is 15.9 Å². The van der Waals surface area contributed by atoms with Crippen molar-refractivity contribution in [2.45, 2.75) is 13.3 Å². The van der Waals surface area contributed by atoms with E-state index in [1.54, 1.807) is 6.07 Å². The number of nitrogens with two attached hydrogens (primary N) is 1. The van der Waals surface area contributed by atoms with Gasteiger partial charge in [0.15, 0.2) is 0 Å². The van der Waals surface area contributed by atoms with Crippen molar-refractivity contribution in [3.63, 3.8) is 0 Å². The van der Waals surface area contributed by atoms with Crippen LogP contribution in [0.25, 0.3) is 0 Å². The Morgan fingerprint density at radius 2 is 2.23 bits per heavy atom. The zero-order chi connectivity index (χ0) is 10.0. The van der Waals surface area contributed by atoms with Gasteiger partial charge in [0.25, 0.3) is 0 Å². The molecule has 0 aliphatic heterocycles. The fraction of sp³-hybridized carbons (Fsp3) is 0.222. The molecule has 0 atom stereocenters. The number of carbonyl (C=O) groups is 1. The van der Waals surface area contributed by atoms with Crippen molar-refractivity contribution in [3.8, 4) is 0 Å². The molecule has 0 aromatic heterocycles. The Bertz CT molecular complexity index is 350. The molecule has 0 amide bonds. The Morgan fingerprint density at radius 3 is 2.69 bits per heavy atom. The van der Waals surface area contributed by atoms with E-state index in [4.69, 9.17) is 10.8 Å². The summed E-state index contributed by atoms with van der Waals surface area (Å²) in [5.41, 5.74) is 6.98. The van der Waals surface area contributed by atoms with Crippen LogP contribution in [0.5, 0.6) is 0 Å². The van der Waals surface area contributed by atoms with Crippen LogP contribution in [0.2, 0.25) is 0 Å². The van der Waals surface area contributed by atoms with Gasteiger partial charge in [-0.15, -0.1) is 0 Å². The number of rotatable bonds is 2. The van der Waals surface area contributed by atoms with Crippen molar-refractivity contribution in [2.24, 2.45) is 0 Å². The third-order valence-electron chi connectivity index (χ3n) is 1.83. The van der Waals surface area contributed by atoms with Gasteiger partial charge in [-0.1, -0.05) is 6.92 Å². The molecule has 1 rings (SSSR count). The molecular formula is C9H10BrNO2. The van der Waals surface area contributed by atoms with Crippen LogP contribution in [0.1, 0.15) is 22.8 Å². The van der Waals surface area contributed by atoms with Crippen molar-refractivity contribution in [2.75, 3.05) is 5.73 Å². The number of aromatic carboxylic acids is 1. The Morgan fingerprint density at radius 1 is 1.62 bits per heavy atom. The van der Waals surface area contributed by atoms with Crippen molar-refractivity contribution in [3.05, 3.63) is 27.7 Å². The van der Waals surface area contributed by atoms with Crippen molar-refractivity contribution in [1.82, 2.24) is 0 Å². The highest BCUT2D eigenvalue weighted by Gasteiger charge is 2.11. The first-order valence-corrected chi connectivity index (χ1v) is 4.66. The molecule has 13 heavy (non-hydrogen) atoms. The normalized spacial score (nSPS) is 10.0. The molecule has 0 aliphatic carbocycles. The van der Waals surface area contributed by atoms with Crippen LogP contribution >= 0.6 is 15.9 Å².